The summed E-state index contributed by atoms with van der Waals surface area (Å²) < 4.78 is 36.6. The van der Waals surface area contributed by atoms with E-state index in [0.717, 1.165) is 11.1 Å². The maximum atomic E-state index is 12.2. The molecular formula is C14H17F3N2O2. The van der Waals surface area contributed by atoms with Crippen LogP contribution in [0.1, 0.15) is 27.9 Å². The summed E-state index contributed by atoms with van der Waals surface area (Å²) >= 11 is 0. The van der Waals surface area contributed by atoms with E-state index in [-0.39, 0.29) is 6.54 Å². The molecule has 0 aromatic heterocycles. The molecule has 1 aliphatic heterocycles. The summed E-state index contributed by atoms with van der Waals surface area (Å²) in [6.45, 7) is 0.858. The second-order valence-corrected chi connectivity index (χ2v) is 5.27. The molecule has 1 atom stereocenters. The standard InChI is InChI=1S/C14H17F3N2O2/c15-14(16,17)6-10(20)8-19-5-4-11-9(7-19)2-1-3-12(11)13(18)21/h1-3,10,20H,4-8H2,(H2,18,21). The lowest BCUT2D eigenvalue weighted by atomic mass is 9.94. The maximum absolute atomic E-state index is 12.2. The molecule has 21 heavy (non-hydrogen) atoms. The molecule has 0 aliphatic carbocycles. The van der Waals surface area contributed by atoms with Crippen molar-refractivity contribution in [3.8, 4) is 0 Å². The summed E-state index contributed by atoms with van der Waals surface area (Å²) in [7, 11) is 0. The number of aliphatic hydroxyl groups is 1. The van der Waals surface area contributed by atoms with E-state index in [9.17, 15) is 23.1 Å². The minimum atomic E-state index is -4.37. The first-order valence-corrected chi connectivity index (χ1v) is 6.64. The van der Waals surface area contributed by atoms with Crippen molar-refractivity contribution in [2.75, 3.05) is 13.1 Å². The van der Waals surface area contributed by atoms with Gasteiger partial charge in [-0.05, 0) is 23.6 Å². The molecule has 116 valence electrons. The number of carbonyl (C=O) groups excluding carboxylic acids is 1. The lowest BCUT2D eigenvalue weighted by Crippen LogP contribution is -2.38. The highest BCUT2D eigenvalue weighted by Gasteiger charge is 2.32. The molecule has 2 rings (SSSR count). The number of β-amino-alcohol motifs (C(OH)–C–C–N with tert-alkyl or cyclic N) is 1. The molecule has 7 heteroatoms. The molecule has 3 N–H and O–H groups in total. The van der Waals surface area contributed by atoms with Crippen molar-refractivity contribution in [2.45, 2.75) is 31.7 Å². The number of alkyl halides is 3. The molecule has 1 heterocycles. The molecule has 1 aromatic rings. The molecular weight excluding hydrogens is 285 g/mol. The Balaban J connectivity index is 2.03. The van der Waals surface area contributed by atoms with Gasteiger partial charge in [-0.25, -0.2) is 0 Å². The number of hydrogen-bond donors (Lipinski definition) is 2. The molecule has 0 bridgehead atoms. The van der Waals surface area contributed by atoms with Crippen molar-refractivity contribution in [1.29, 1.82) is 0 Å². The molecule has 1 amide bonds. The Labute approximate surface area is 120 Å². The number of aliphatic hydroxyl groups excluding tert-OH is 1. The number of nitrogens with two attached hydrogens (primary N) is 1. The van der Waals surface area contributed by atoms with Gasteiger partial charge in [0.15, 0.2) is 0 Å². The topological polar surface area (TPSA) is 66.6 Å². The van der Waals surface area contributed by atoms with Crippen molar-refractivity contribution in [3.63, 3.8) is 0 Å². The summed E-state index contributed by atoms with van der Waals surface area (Å²) in [4.78, 5) is 13.1. The van der Waals surface area contributed by atoms with Gasteiger partial charge in [-0.2, -0.15) is 13.2 Å². The van der Waals surface area contributed by atoms with Gasteiger partial charge in [0.25, 0.3) is 0 Å². The van der Waals surface area contributed by atoms with Gasteiger partial charge in [0.1, 0.15) is 0 Å². The van der Waals surface area contributed by atoms with Crippen LogP contribution >= 0.6 is 0 Å². The largest absolute Gasteiger partial charge is 0.391 e. The second-order valence-electron chi connectivity index (χ2n) is 5.27. The van der Waals surface area contributed by atoms with E-state index in [2.05, 4.69) is 0 Å². The fraction of sp³-hybridized carbons (Fsp3) is 0.500. The van der Waals surface area contributed by atoms with Gasteiger partial charge in [0, 0.05) is 25.2 Å². The maximum Gasteiger partial charge on any atom is 0.391 e. The number of hydrogen-bond acceptors (Lipinski definition) is 3. The average Bonchev–Trinajstić information content (AvgIpc) is 2.35. The fourth-order valence-electron chi connectivity index (χ4n) is 2.68. The van der Waals surface area contributed by atoms with E-state index in [0.29, 0.717) is 25.1 Å². The number of rotatable bonds is 4. The molecule has 0 radical (unpaired) electrons. The lowest BCUT2D eigenvalue weighted by Gasteiger charge is -2.31. The Kier molecular flexibility index (Phi) is 4.53. The van der Waals surface area contributed by atoms with Crippen molar-refractivity contribution in [1.82, 2.24) is 4.90 Å². The summed E-state index contributed by atoms with van der Waals surface area (Å²) in [5.74, 6) is -0.502. The Bertz CT molecular complexity index is 531. The van der Waals surface area contributed by atoms with Crippen molar-refractivity contribution in [2.24, 2.45) is 5.73 Å². The molecule has 4 nitrogen and oxygen atoms in total. The third-order valence-electron chi connectivity index (χ3n) is 3.55. The van der Waals surface area contributed by atoms with Crippen LogP contribution in [0.4, 0.5) is 13.2 Å². The van der Waals surface area contributed by atoms with E-state index >= 15 is 0 Å². The first kappa shape index (κ1) is 15.8. The first-order chi connectivity index (χ1) is 9.76. The molecule has 0 fully saturated rings. The molecule has 0 spiro atoms. The van der Waals surface area contributed by atoms with Crippen LogP contribution in [0, 0.1) is 0 Å². The van der Waals surface area contributed by atoms with E-state index in [1.807, 2.05) is 6.07 Å². The van der Waals surface area contributed by atoms with E-state index in [1.165, 1.54) is 0 Å². The molecule has 1 aromatic carbocycles. The fourth-order valence-corrected chi connectivity index (χ4v) is 2.68. The second kappa shape index (κ2) is 6.03. The molecule has 0 saturated heterocycles. The van der Waals surface area contributed by atoms with E-state index in [1.54, 1.807) is 17.0 Å². The molecule has 0 saturated carbocycles. The molecule has 1 aliphatic rings. The Hall–Kier alpha value is -1.60. The van der Waals surface area contributed by atoms with Crippen molar-refractivity contribution in [3.05, 3.63) is 34.9 Å². The third-order valence-corrected chi connectivity index (χ3v) is 3.55. The number of fused-ring (bicyclic) bond motifs is 1. The zero-order valence-electron chi connectivity index (χ0n) is 11.4. The third kappa shape index (κ3) is 4.18. The highest BCUT2D eigenvalue weighted by molar-refractivity contribution is 5.94. The van der Waals surface area contributed by atoms with Gasteiger partial charge in [0.05, 0.1) is 12.5 Å². The zero-order chi connectivity index (χ0) is 15.6. The number of primary amides is 1. The summed E-state index contributed by atoms with van der Waals surface area (Å²) in [5.41, 5.74) is 7.49. The van der Waals surface area contributed by atoms with Crippen LogP contribution in [0.15, 0.2) is 18.2 Å². The minimum Gasteiger partial charge on any atom is -0.391 e. The molecule has 1 unspecified atom stereocenters. The van der Waals surface area contributed by atoms with Crippen LogP contribution in [0.25, 0.3) is 0 Å². The predicted octanol–water partition coefficient (Wildman–Crippen LogP) is 1.46. The SMILES string of the molecule is NC(=O)c1cccc2c1CCN(CC(O)CC(F)(F)F)C2. The van der Waals surface area contributed by atoms with Crippen LogP contribution in [0.3, 0.4) is 0 Å². The summed E-state index contributed by atoms with van der Waals surface area (Å²) in [6, 6.07) is 5.17. The summed E-state index contributed by atoms with van der Waals surface area (Å²) in [6.07, 6.45) is -6.48. The summed E-state index contributed by atoms with van der Waals surface area (Å²) in [5, 5.41) is 9.49. The quantitative estimate of drug-likeness (QED) is 0.885. The normalized spacial score (nSPS) is 17.3. The zero-order valence-corrected chi connectivity index (χ0v) is 11.4. The monoisotopic (exact) mass is 302 g/mol. The number of amides is 1. The van der Waals surface area contributed by atoms with Crippen LogP contribution in [-0.2, 0) is 13.0 Å². The Morgan fingerprint density at radius 3 is 2.76 bits per heavy atom. The van der Waals surface area contributed by atoms with Crippen LogP contribution in [-0.4, -0.2) is 41.3 Å². The van der Waals surface area contributed by atoms with Gasteiger partial charge >= 0.3 is 6.18 Å². The van der Waals surface area contributed by atoms with Gasteiger partial charge in [-0.1, -0.05) is 12.1 Å². The number of nitrogens with zero attached hydrogens (tertiary/aromatic N) is 1. The van der Waals surface area contributed by atoms with Gasteiger partial charge in [-0.15, -0.1) is 0 Å². The van der Waals surface area contributed by atoms with Gasteiger partial charge < -0.3 is 10.8 Å². The highest BCUT2D eigenvalue weighted by atomic mass is 19.4. The van der Waals surface area contributed by atoms with Crippen LogP contribution in [0.5, 0.6) is 0 Å². The number of halogens is 3. The van der Waals surface area contributed by atoms with Crippen LogP contribution in [0.2, 0.25) is 0 Å². The first-order valence-electron chi connectivity index (χ1n) is 6.64. The van der Waals surface area contributed by atoms with Gasteiger partial charge in [-0.3, -0.25) is 9.69 Å². The van der Waals surface area contributed by atoms with Gasteiger partial charge in [0.2, 0.25) is 5.91 Å². The number of benzene rings is 1. The highest BCUT2D eigenvalue weighted by Crippen LogP contribution is 2.25. The van der Waals surface area contributed by atoms with Crippen molar-refractivity contribution < 1.29 is 23.1 Å². The number of carbonyl (C=O) groups is 1. The van der Waals surface area contributed by atoms with Crippen molar-refractivity contribution >= 4 is 5.91 Å². The minimum absolute atomic E-state index is 0.0419. The van der Waals surface area contributed by atoms with E-state index in [4.69, 9.17) is 5.73 Å². The Morgan fingerprint density at radius 2 is 2.14 bits per heavy atom. The Morgan fingerprint density at radius 1 is 1.43 bits per heavy atom. The van der Waals surface area contributed by atoms with Crippen LogP contribution < -0.4 is 5.73 Å². The predicted molar refractivity (Wildman–Crippen MR) is 70.6 cm³/mol. The lowest BCUT2D eigenvalue weighted by molar-refractivity contribution is -0.155. The van der Waals surface area contributed by atoms with E-state index < -0.39 is 24.6 Å². The average molecular weight is 302 g/mol. The smallest absolute Gasteiger partial charge is 0.391 e.